The van der Waals surface area contributed by atoms with E-state index in [0.717, 1.165) is 18.6 Å². The molecule has 1 atom stereocenters. The molecule has 2 N–H and O–H groups in total. The number of rotatable bonds is 11. The fourth-order valence-corrected chi connectivity index (χ4v) is 3.09. The van der Waals surface area contributed by atoms with Gasteiger partial charge in [0.25, 0.3) is 5.91 Å². The van der Waals surface area contributed by atoms with Gasteiger partial charge in [-0.3, -0.25) is 9.59 Å². The van der Waals surface area contributed by atoms with Crippen LogP contribution in [0.4, 0.5) is 0 Å². The molecule has 0 saturated heterocycles. The number of hydrogen-bond donors (Lipinski definition) is 2. The van der Waals surface area contributed by atoms with Gasteiger partial charge in [-0.15, -0.1) is 0 Å². The van der Waals surface area contributed by atoms with Crippen LogP contribution < -0.4 is 10.6 Å². The van der Waals surface area contributed by atoms with Gasteiger partial charge in [-0.1, -0.05) is 23.2 Å². The fraction of sp³-hybridized carbons (Fsp3) is 0.529. The molecule has 0 bridgehead atoms. The zero-order valence-electron chi connectivity index (χ0n) is 14.4. The summed E-state index contributed by atoms with van der Waals surface area (Å²) in [5, 5.41) is 6.33. The lowest BCUT2D eigenvalue weighted by Gasteiger charge is -2.18. The molecule has 1 unspecified atom stereocenters. The molecule has 5 nitrogen and oxygen atoms in total. The number of amides is 2. The van der Waals surface area contributed by atoms with Crippen LogP contribution in [0.15, 0.2) is 18.2 Å². The molecule has 0 aromatic heterocycles. The summed E-state index contributed by atoms with van der Waals surface area (Å²) in [6, 6.07) is 4.04. The van der Waals surface area contributed by atoms with Crippen molar-refractivity contribution >= 4 is 46.8 Å². The number of hydrogen-bond acceptors (Lipinski definition) is 4. The minimum absolute atomic E-state index is 0.190. The molecule has 25 heavy (non-hydrogen) atoms. The maximum Gasteiger partial charge on any atom is 0.253 e. The lowest BCUT2D eigenvalue weighted by Crippen LogP contribution is -2.47. The van der Waals surface area contributed by atoms with Crippen LogP contribution in [-0.4, -0.2) is 50.1 Å². The van der Waals surface area contributed by atoms with E-state index >= 15 is 0 Å². The number of methoxy groups -OCH3 is 1. The van der Waals surface area contributed by atoms with Crippen molar-refractivity contribution < 1.29 is 14.3 Å². The van der Waals surface area contributed by atoms with E-state index in [9.17, 15) is 9.59 Å². The molecule has 0 aliphatic heterocycles. The Morgan fingerprint density at radius 3 is 2.68 bits per heavy atom. The van der Waals surface area contributed by atoms with Crippen molar-refractivity contribution in [3.05, 3.63) is 33.8 Å². The summed E-state index contributed by atoms with van der Waals surface area (Å²) in [7, 11) is 1.65. The minimum Gasteiger partial charge on any atom is -0.385 e. The molecule has 140 valence electrons. The monoisotopic (exact) mass is 406 g/mol. The van der Waals surface area contributed by atoms with Gasteiger partial charge in [-0.05, 0) is 49.5 Å². The highest BCUT2D eigenvalue weighted by Gasteiger charge is 2.22. The third kappa shape index (κ3) is 8.31. The van der Waals surface area contributed by atoms with Crippen LogP contribution in [0.1, 0.15) is 29.6 Å². The molecule has 0 radical (unpaired) electrons. The van der Waals surface area contributed by atoms with E-state index in [1.165, 1.54) is 6.07 Å². The molecule has 0 aliphatic rings. The summed E-state index contributed by atoms with van der Waals surface area (Å²) in [4.78, 5) is 24.8. The molecule has 1 aromatic carbocycles. The number of halogens is 2. The second-order valence-corrected chi connectivity index (χ2v) is 7.25. The molecular formula is C17H24Cl2N2O3S. The van der Waals surface area contributed by atoms with E-state index in [4.69, 9.17) is 27.9 Å². The van der Waals surface area contributed by atoms with Gasteiger partial charge in [0, 0.05) is 25.3 Å². The highest BCUT2D eigenvalue weighted by molar-refractivity contribution is 7.98. The highest BCUT2D eigenvalue weighted by Crippen LogP contribution is 2.21. The average Bonchev–Trinajstić information content (AvgIpc) is 2.57. The third-order valence-electron chi connectivity index (χ3n) is 3.48. The van der Waals surface area contributed by atoms with Crippen LogP contribution in [0.5, 0.6) is 0 Å². The van der Waals surface area contributed by atoms with Gasteiger partial charge in [-0.25, -0.2) is 0 Å². The third-order valence-corrected chi connectivity index (χ3v) is 4.67. The van der Waals surface area contributed by atoms with Gasteiger partial charge >= 0.3 is 0 Å². The largest absolute Gasteiger partial charge is 0.385 e. The van der Waals surface area contributed by atoms with Crippen molar-refractivity contribution in [3.8, 4) is 0 Å². The van der Waals surface area contributed by atoms with Gasteiger partial charge in [-0.2, -0.15) is 11.8 Å². The fourth-order valence-electron chi connectivity index (χ4n) is 2.12. The zero-order chi connectivity index (χ0) is 18.7. The molecule has 0 fully saturated rings. The number of carbonyl (C=O) groups is 2. The predicted molar refractivity (Wildman–Crippen MR) is 105 cm³/mol. The summed E-state index contributed by atoms with van der Waals surface area (Å²) in [5.41, 5.74) is 0.299. The first-order chi connectivity index (χ1) is 12.0. The molecule has 0 heterocycles. The number of benzene rings is 1. The van der Waals surface area contributed by atoms with E-state index < -0.39 is 6.04 Å². The summed E-state index contributed by atoms with van der Waals surface area (Å²) in [6.07, 6.45) is 4.20. The first-order valence-electron chi connectivity index (χ1n) is 8.01. The van der Waals surface area contributed by atoms with Crippen molar-refractivity contribution in [2.75, 3.05) is 32.3 Å². The standard InChI is InChI=1S/C17H24Cl2N2O3S/c1-24-9-4-3-8-20-17(23)15(7-10-25-2)21-16(22)13-6-5-12(18)11-14(13)19/h5-6,11,15H,3-4,7-10H2,1-2H3,(H,20,23)(H,21,22). The smallest absolute Gasteiger partial charge is 0.253 e. The Hall–Kier alpha value is -0.950. The van der Waals surface area contributed by atoms with Crippen LogP contribution in [0.3, 0.4) is 0 Å². The maximum absolute atomic E-state index is 12.4. The molecule has 0 spiro atoms. The van der Waals surface area contributed by atoms with Crippen LogP contribution in [0.2, 0.25) is 10.0 Å². The Bertz CT molecular complexity index is 573. The van der Waals surface area contributed by atoms with Crippen LogP contribution in [-0.2, 0) is 9.53 Å². The Labute approximate surface area is 163 Å². The normalized spacial score (nSPS) is 11.8. The second-order valence-electron chi connectivity index (χ2n) is 5.42. The van der Waals surface area contributed by atoms with E-state index in [1.807, 2.05) is 6.26 Å². The van der Waals surface area contributed by atoms with Crippen LogP contribution >= 0.6 is 35.0 Å². The Kier molecular flexibility index (Phi) is 11.0. The summed E-state index contributed by atoms with van der Waals surface area (Å²) in [6.45, 7) is 1.22. The topological polar surface area (TPSA) is 67.4 Å². The summed E-state index contributed by atoms with van der Waals surface area (Å²) in [5.74, 6) is 0.184. The molecule has 0 saturated carbocycles. The van der Waals surface area contributed by atoms with Gasteiger partial charge in [0.2, 0.25) is 5.91 Å². The molecule has 2 amide bonds. The lowest BCUT2D eigenvalue weighted by molar-refractivity contribution is -0.123. The van der Waals surface area contributed by atoms with Gasteiger partial charge in [0.1, 0.15) is 6.04 Å². The molecule has 1 rings (SSSR count). The SMILES string of the molecule is COCCCCNC(=O)C(CCSC)NC(=O)c1ccc(Cl)cc1Cl. The number of thioether (sulfide) groups is 1. The van der Waals surface area contributed by atoms with E-state index in [0.29, 0.717) is 30.2 Å². The van der Waals surface area contributed by atoms with Crippen molar-refractivity contribution in [1.82, 2.24) is 10.6 Å². The first-order valence-corrected chi connectivity index (χ1v) is 10.2. The van der Waals surface area contributed by atoms with E-state index in [1.54, 1.807) is 31.0 Å². The summed E-state index contributed by atoms with van der Waals surface area (Å²) >= 11 is 13.5. The Morgan fingerprint density at radius 2 is 2.04 bits per heavy atom. The van der Waals surface area contributed by atoms with Crippen molar-refractivity contribution in [3.63, 3.8) is 0 Å². The zero-order valence-corrected chi connectivity index (χ0v) is 16.8. The molecule has 8 heteroatoms. The highest BCUT2D eigenvalue weighted by atomic mass is 35.5. The lowest BCUT2D eigenvalue weighted by atomic mass is 10.1. The summed E-state index contributed by atoms with van der Waals surface area (Å²) < 4.78 is 4.98. The molecule has 0 aliphatic carbocycles. The van der Waals surface area contributed by atoms with Crippen molar-refractivity contribution in [2.45, 2.75) is 25.3 Å². The first kappa shape index (κ1) is 22.1. The van der Waals surface area contributed by atoms with Crippen LogP contribution in [0, 0.1) is 0 Å². The number of nitrogens with one attached hydrogen (secondary N) is 2. The molecule has 1 aromatic rings. The van der Waals surface area contributed by atoms with Crippen LogP contribution in [0.25, 0.3) is 0 Å². The number of ether oxygens (including phenoxy) is 1. The Morgan fingerprint density at radius 1 is 1.28 bits per heavy atom. The maximum atomic E-state index is 12.4. The van der Waals surface area contributed by atoms with E-state index in [-0.39, 0.29) is 16.8 Å². The number of unbranched alkanes of at least 4 members (excludes halogenated alkanes) is 1. The van der Waals surface area contributed by atoms with Crippen molar-refractivity contribution in [1.29, 1.82) is 0 Å². The predicted octanol–water partition coefficient (Wildman–Crippen LogP) is 3.39. The molecular weight excluding hydrogens is 383 g/mol. The second kappa shape index (κ2) is 12.4. The average molecular weight is 407 g/mol. The van der Waals surface area contributed by atoms with Gasteiger partial charge < -0.3 is 15.4 Å². The van der Waals surface area contributed by atoms with Gasteiger partial charge in [0.05, 0.1) is 10.6 Å². The number of carbonyl (C=O) groups excluding carboxylic acids is 2. The van der Waals surface area contributed by atoms with Gasteiger partial charge in [0.15, 0.2) is 0 Å². The minimum atomic E-state index is -0.603. The quantitative estimate of drug-likeness (QED) is 0.552. The Balaban J connectivity index is 2.64. The van der Waals surface area contributed by atoms with Crippen molar-refractivity contribution in [2.24, 2.45) is 0 Å². The van der Waals surface area contributed by atoms with E-state index in [2.05, 4.69) is 10.6 Å².